The van der Waals surface area contributed by atoms with Gasteiger partial charge in [-0.05, 0) is 13.8 Å². The molecule has 9 heteroatoms. The Morgan fingerprint density at radius 2 is 1.88 bits per heavy atom. The minimum atomic E-state index is -4.26. The Hall–Kier alpha value is -1.35. The second kappa shape index (κ2) is 5.32. The zero-order valence-corrected chi connectivity index (χ0v) is 10.9. The number of aliphatic carboxylic acids is 1. The lowest BCUT2D eigenvalue weighted by Crippen LogP contribution is -2.56. The van der Waals surface area contributed by atoms with Crippen molar-refractivity contribution in [2.75, 3.05) is 13.7 Å². The predicted octanol–water partition coefficient (Wildman–Crippen LogP) is -0.228. The predicted molar refractivity (Wildman–Crippen MR) is 58.6 cm³/mol. The van der Waals surface area contributed by atoms with E-state index in [1.165, 1.54) is 20.8 Å². The molecule has 0 spiro atoms. The van der Waals surface area contributed by atoms with Crippen LogP contribution in [0.3, 0.4) is 0 Å². The molecule has 0 aliphatic heterocycles. The van der Waals surface area contributed by atoms with Gasteiger partial charge < -0.3 is 9.84 Å². The summed E-state index contributed by atoms with van der Waals surface area (Å²) in [6.07, 6.45) is -1.18. The molecule has 17 heavy (non-hydrogen) atoms. The van der Waals surface area contributed by atoms with Crippen molar-refractivity contribution in [3.8, 4) is 0 Å². The maximum atomic E-state index is 11.7. The number of nitrogens with one attached hydrogen (secondary N) is 1. The van der Waals surface area contributed by atoms with Gasteiger partial charge in [0.1, 0.15) is 5.54 Å². The van der Waals surface area contributed by atoms with Crippen molar-refractivity contribution in [3.63, 3.8) is 0 Å². The van der Waals surface area contributed by atoms with Crippen LogP contribution in [0.15, 0.2) is 0 Å². The molecule has 0 unspecified atom stereocenters. The number of hydrogen-bond acceptors (Lipinski definition) is 5. The Morgan fingerprint density at radius 1 is 1.41 bits per heavy atom. The van der Waals surface area contributed by atoms with Crippen LogP contribution in [0.2, 0.25) is 0 Å². The first-order chi connectivity index (χ1) is 7.59. The molecule has 8 nitrogen and oxygen atoms in total. The van der Waals surface area contributed by atoms with Crippen molar-refractivity contribution in [1.82, 2.24) is 9.03 Å². The Bertz CT molecular complexity index is 402. The molecule has 0 aromatic rings. The number of ether oxygens (including phenoxy) is 1. The van der Waals surface area contributed by atoms with E-state index in [9.17, 15) is 18.0 Å². The average Bonchev–Trinajstić information content (AvgIpc) is 2.16. The van der Waals surface area contributed by atoms with Gasteiger partial charge in [0.15, 0.2) is 0 Å². The van der Waals surface area contributed by atoms with Crippen LogP contribution in [0.4, 0.5) is 4.79 Å². The molecule has 0 bridgehead atoms. The quantitative estimate of drug-likeness (QED) is 0.712. The highest BCUT2D eigenvalue weighted by Crippen LogP contribution is 2.17. The lowest BCUT2D eigenvalue weighted by Gasteiger charge is -2.32. The number of likely N-dealkylation sites (N-methyl/N-ethyl adjacent to an activating group) is 1. The topological polar surface area (TPSA) is 113 Å². The monoisotopic (exact) mass is 268 g/mol. The average molecular weight is 268 g/mol. The molecule has 100 valence electrons. The Labute approximate surface area is 99.7 Å². The molecule has 0 fully saturated rings. The molecule has 1 amide bonds. The van der Waals surface area contributed by atoms with E-state index in [0.717, 1.165) is 7.11 Å². The van der Waals surface area contributed by atoms with Crippen LogP contribution in [0.5, 0.6) is 0 Å². The summed E-state index contributed by atoms with van der Waals surface area (Å²) >= 11 is 0. The van der Waals surface area contributed by atoms with Crippen molar-refractivity contribution in [1.29, 1.82) is 0 Å². The zero-order valence-electron chi connectivity index (χ0n) is 10.1. The van der Waals surface area contributed by atoms with Crippen LogP contribution in [-0.2, 0) is 19.7 Å². The fraction of sp³-hybridized carbons (Fsp3) is 0.750. The van der Waals surface area contributed by atoms with Crippen molar-refractivity contribution in [3.05, 3.63) is 0 Å². The van der Waals surface area contributed by atoms with Crippen molar-refractivity contribution in [2.24, 2.45) is 0 Å². The largest absolute Gasteiger partial charge is 0.480 e. The molecule has 2 N–H and O–H groups in total. The molecular formula is C8H16N2O6S. The van der Waals surface area contributed by atoms with Gasteiger partial charge in [0.25, 0.3) is 0 Å². The summed E-state index contributed by atoms with van der Waals surface area (Å²) in [5.74, 6) is -1.32. The number of hydrogen-bond donors (Lipinski definition) is 2. The first-order valence-electron chi connectivity index (χ1n) is 4.71. The van der Waals surface area contributed by atoms with Crippen LogP contribution in [0, 0.1) is 0 Å². The van der Waals surface area contributed by atoms with E-state index in [-0.39, 0.29) is 6.54 Å². The number of amides is 1. The fourth-order valence-corrected chi connectivity index (χ4v) is 2.60. The number of carboxylic acid groups (broad SMARTS) is 1. The molecule has 0 aromatic heterocycles. The maximum absolute atomic E-state index is 11.7. The van der Waals surface area contributed by atoms with Gasteiger partial charge in [-0.2, -0.15) is 12.7 Å². The number of carbonyl (C=O) groups is 2. The van der Waals surface area contributed by atoms with Gasteiger partial charge in [0.05, 0.1) is 7.11 Å². The molecule has 0 atom stereocenters. The summed E-state index contributed by atoms with van der Waals surface area (Å²) in [4.78, 5) is 21.8. The summed E-state index contributed by atoms with van der Waals surface area (Å²) in [5, 5.41) is 8.95. The molecule has 0 rings (SSSR count). The SMILES string of the molecule is CCN(C(C)(C)C(=O)O)S(=O)(=O)NC(=O)OC. The molecule has 0 radical (unpaired) electrons. The minimum Gasteiger partial charge on any atom is -0.480 e. The van der Waals surface area contributed by atoms with E-state index in [1.54, 1.807) is 4.72 Å². The summed E-state index contributed by atoms with van der Waals surface area (Å²) in [6.45, 7) is 3.79. The van der Waals surface area contributed by atoms with Gasteiger partial charge in [0, 0.05) is 6.54 Å². The number of rotatable bonds is 5. The highest BCUT2D eigenvalue weighted by atomic mass is 32.2. The summed E-state index contributed by atoms with van der Waals surface area (Å²) < 4.78 is 29.9. The van der Waals surface area contributed by atoms with Gasteiger partial charge in [0.2, 0.25) is 0 Å². The minimum absolute atomic E-state index is 0.106. The second-order valence-corrected chi connectivity index (χ2v) is 5.22. The highest BCUT2D eigenvalue weighted by molar-refractivity contribution is 7.87. The lowest BCUT2D eigenvalue weighted by molar-refractivity contribution is -0.146. The van der Waals surface area contributed by atoms with E-state index >= 15 is 0 Å². The number of nitrogens with zero attached hydrogens (tertiary/aromatic N) is 1. The number of methoxy groups -OCH3 is 1. The van der Waals surface area contributed by atoms with Gasteiger partial charge in [-0.3, -0.25) is 4.79 Å². The zero-order chi connectivity index (χ0) is 13.9. The number of carboxylic acids is 1. The van der Waals surface area contributed by atoms with Crippen molar-refractivity contribution < 1.29 is 27.9 Å². The standard InChI is InChI=1S/C8H16N2O6S/c1-5-10(8(2,3)6(11)12)17(14,15)9-7(13)16-4/h5H2,1-4H3,(H,9,13)(H,11,12). The van der Waals surface area contributed by atoms with Crippen LogP contribution in [-0.4, -0.2) is 49.1 Å². The smallest absolute Gasteiger partial charge is 0.421 e. The molecule has 0 saturated carbocycles. The molecule has 0 saturated heterocycles. The number of carbonyl (C=O) groups excluding carboxylic acids is 1. The molecule has 0 heterocycles. The van der Waals surface area contributed by atoms with Gasteiger partial charge in [-0.25, -0.2) is 9.52 Å². The van der Waals surface area contributed by atoms with E-state index < -0.39 is 27.8 Å². The third kappa shape index (κ3) is 3.56. The highest BCUT2D eigenvalue weighted by Gasteiger charge is 2.41. The summed E-state index contributed by atoms with van der Waals surface area (Å²) in [5.41, 5.74) is -1.67. The summed E-state index contributed by atoms with van der Waals surface area (Å²) in [6, 6.07) is 0. The Kier molecular flexibility index (Phi) is 4.90. The van der Waals surface area contributed by atoms with Gasteiger partial charge >= 0.3 is 22.3 Å². The van der Waals surface area contributed by atoms with E-state index in [1.807, 2.05) is 0 Å². The fourth-order valence-electron chi connectivity index (χ4n) is 1.17. The maximum Gasteiger partial charge on any atom is 0.421 e. The van der Waals surface area contributed by atoms with E-state index in [0.29, 0.717) is 4.31 Å². The van der Waals surface area contributed by atoms with E-state index in [2.05, 4.69) is 4.74 Å². The normalized spacial score (nSPS) is 12.3. The van der Waals surface area contributed by atoms with Crippen LogP contribution in [0.25, 0.3) is 0 Å². The third-order valence-electron chi connectivity index (χ3n) is 2.12. The third-order valence-corrected chi connectivity index (χ3v) is 3.84. The first kappa shape index (κ1) is 15.7. The molecule has 0 aliphatic carbocycles. The summed E-state index contributed by atoms with van der Waals surface area (Å²) in [7, 11) is -3.26. The van der Waals surface area contributed by atoms with Crippen molar-refractivity contribution in [2.45, 2.75) is 26.3 Å². The Balaban J connectivity index is 5.27. The lowest BCUT2D eigenvalue weighted by atomic mass is 10.1. The van der Waals surface area contributed by atoms with E-state index in [4.69, 9.17) is 5.11 Å². The van der Waals surface area contributed by atoms with Crippen molar-refractivity contribution >= 4 is 22.3 Å². The Morgan fingerprint density at radius 3 is 2.18 bits per heavy atom. The van der Waals surface area contributed by atoms with Crippen LogP contribution >= 0.6 is 0 Å². The molecule has 0 aromatic carbocycles. The first-order valence-corrected chi connectivity index (χ1v) is 6.15. The second-order valence-electron chi connectivity index (χ2n) is 3.63. The van der Waals surface area contributed by atoms with Crippen LogP contribution in [0.1, 0.15) is 20.8 Å². The van der Waals surface area contributed by atoms with Gasteiger partial charge in [-0.1, -0.05) is 6.92 Å². The van der Waals surface area contributed by atoms with Crippen LogP contribution < -0.4 is 4.72 Å². The molecule has 0 aliphatic rings. The van der Waals surface area contributed by atoms with Gasteiger partial charge in [-0.15, -0.1) is 0 Å². The molecular weight excluding hydrogens is 252 g/mol.